The van der Waals surface area contributed by atoms with Gasteiger partial charge in [0.1, 0.15) is 32.7 Å². The van der Waals surface area contributed by atoms with E-state index in [9.17, 15) is 4.79 Å². The average molecular weight is 414 g/mol. The second kappa shape index (κ2) is 9.96. The quantitative estimate of drug-likeness (QED) is 0.622. The fourth-order valence-corrected chi connectivity index (χ4v) is 4.22. The van der Waals surface area contributed by atoms with Crippen LogP contribution in [-0.2, 0) is 11.3 Å². The predicted molar refractivity (Wildman–Crippen MR) is 119 cm³/mol. The highest BCUT2D eigenvalue weighted by atomic mass is 16.5. The van der Waals surface area contributed by atoms with Gasteiger partial charge in [-0.25, -0.2) is 0 Å². The summed E-state index contributed by atoms with van der Waals surface area (Å²) in [6.45, 7) is 11.8. The van der Waals surface area contributed by atoms with Crippen LogP contribution in [-0.4, -0.2) is 52.9 Å². The molecular formula is C24H35N3O3+2. The summed E-state index contributed by atoms with van der Waals surface area (Å²) in [6, 6.07) is 10.2. The van der Waals surface area contributed by atoms with E-state index in [2.05, 4.69) is 18.3 Å². The summed E-state index contributed by atoms with van der Waals surface area (Å²) in [4.78, 5) is 15.5. The van der Waals surface area contributed by atoms with E-state index < -0.39 is 0 Å². The average Bonchev–Trinajstić information content (AvgIpc) is 2.73. The molecule has 1 fully saturated rings. The molecule has 0 radical (unpaired) electrons. The Morgan fingerprint density at radius 2 is 1.47 bits per heavy atom. The third-order valence-corrected chi connectivity index (χ3v) is 6.10. The van der Waals surface area contributed by atoms with Gasteiger partial charge < -0.3 is 24.6 Å². The minimum absolute atomic E-state index is 0.0987. The van der Waals surface area contributed by atoms with E-state index in [1.54, 1.807) is 19.1 Å². The highest BCUT2D eigenvalue weighted by Gasteiger charge is 2.26. The van der Waals surface area contributed by atoms with Crippen LogP contribution in [0.4, 0.5) is 5.69 Å². The van der Waals surface area contributed by atoms with Crippen molar-refractivity contribution in [3.8, 4) is 11.5 Å². The van der Waals surface area contributed by atoms with Crippen molar-refractivity contribution in [3.63, 3.8) is 0 Å². The molecule has 0 atom stereocenters. The predicted octanol–water partition coefficient (Wildman–Crippen LogP) is 0.551. The Morgan fingerprint density at radius 3 is 2.07 bits per heavy atom. The Kier molecular flexibility index (Phi) is 7.34. The lowest BCUT2D eigenvalue weighted by Crippen LogP contribution is -3.28. The first-order valence-electron chi connectivity index (χ1n) is 10.7. The number of anilines is 1. The van der Waals surface area contributed by atoms with Crippen molar-refractivity contribution in [2.75, 3.05) is 52.3 Å². The molecule has 2 aromatic rings. The van der Waals surface area contributed by atoms with Crippen LogP contribution in [0, 0.1) is 20.8 Å². The monoisotopic (exact) mass is 413 g/mol. The zero-order chi connectivity index (χ0) is 21.7. The Morgan fingerprint density at radius 1 is 0.900 bits per heavy atom. The molecule has 1 aliphatic heterocycles. The van der Waals surface area contributed by atoms with Gasteiger partial charge in [-0.15, -0.1) is 0 Å². The van der Waals surface area contributed by atoms with Crippen LogP contribution in [0.5, 0.6) is 11.5 Å². The Hall–Kier alpha value is -2.57. The van der Waals surface area contributed by atoms with Crippen LogP contribution in [0.2, 0.25) is 0 Å². The van der Waals surface area contributed by atoms with Gasteiger partial charge in [-0.05, 0) is 49.6 Å². The minimum Gasteiger partial charge on any atom is -0.493 e. The van der Waals surface area contributed by atoms with Crippen LogP contribution in [0.15, 0.2) is 30.3 Å². The van der Waals surface area contributed by atoms with Crippen molar-refractivity contribution in [2.24, 2.45) is 0 Å². The van der Waals surface area contributed by atoms with E-state index in [4.69, 9.17) is 9.47 Å². The lowest BCUT2D eigenvalue weighted by atomic mass is 10.1. The third-order valence-electron chi connectivity index (χ3n) is 6.10. The SMILES string of the molecule is COc1cc(C)c(C[NH+]2CC[NH+](CC(=O)Nc3c(C)cccc3C)CC2)cc1OC. The normalized spacial score (nSPS) is 18.7. The van der Waals surface area contributed by atoms with Gasteiger partial charge in [0.15, 0.2) is 18.0 Å². The summed E-state index contributed by atoms with van der Waals surface area (Å²) in [7, 11) is 3.34. The number of rotatable bonds is 7. The molecule has 0 aromatic heterocycles. The molecule has 1 saturated heterocycles. The Labute approximate surface area is 179 Å². The highest BCUT2D eigenvalue weighted by molar-refractivity contribution is 5.93. The molecule has 2 aromatic carbocycles. The van der Waals surface area contributed by atoms with Gasteiger partial charge in [0.05, 0.1) is 14.2 Å². The smallest absolute Gasteiger partial charge is 0.279 e. The van der Waals surface area contributed by atoms with E-state index in [0.717, 1.165) is 61.0 Å². The molecule has 30 heavy (non-hydrogen) atoms. The number of hydrogen-bond donors (Lipinski definition) is 3. The van der Waals surface area contributed by atoms with Crippen molar-refractivity contribution in [1.82, 2.24) is 0 Å². The number of carbonyl (C=O) groups is 1. The van der Waals surface area contributed by atoms with Gasteiger partial charge in [0, 0.05) is 11.3 Å². The number of amides is 1. The number of methoxy groups -OCH3 is 2. The number of aryl methyl sites for hydroxylation is 3. The summed E-state index contributed by atoms with van der Waals surface area (Å²) in [5.41, 5.74) is 5.69. The first-order chi connectivity index (χ1) is 14.4. The number of ether oxygens (including phenoxy) is 2. The van der Waals surface area contributed by atoms with Crippen LogP contribution >= 0.6 is 0 Å². The number of benzene rings is 2. The first kappa shape index (κ1) is 22.1. The molecule has 1 amide bonds. The number of para-hydroxylation sites is 1. The number of carbonyl (C=O) groups excluding carboxylic acids is 1. The molecule has 1 heterocycles. The first-order valence-corrected chi connectivity index (χ1v) is 10.7. The van der Waals surface area contributed by atoms with Crippen LogP contribution < -0.4 is 24.6 Å². The van der Waals surface area contributed by atoms with E-state index >= 15 is 0 Å². The van der Waals surface area contributed by atoms with Crippen molar-refractivity contribution in [1.29, 1.82) is 0 Å². The summed E-state index contributed by atoms with van der Waals surface area (Å²) in [5, 5.41) is 3.12. The van der Waals surface area contributed by atoms with E-state index in [0.29, 0.717) is 6.54 Å². The summed E-state index contributed by atoms with van der Waals surface area (Å²) >= 11 is 0. The molecule has 162 valence electrons. The fraction of sp³-hybridized carbons (Fsp3) is 0.458. The second-order valence-electron chi connectivity index (χ2n) is 8.30. The van der Waals surface area contributed by atoms with Gasteiger partial charge in [-0.3, -0.25) is 4.79 Å². The van der Waals surface area contributed by atoms with Gasteiger partial charge in [0.25, 0.3) is 5.91 Å². The van der Waals surface area contributed by atoms with Crippen molar-refractivity contribution >= 4 is 11.6 Å². The van der Waals surface area contributed by atoms with Crippen molar-refractivity contribution in [2.45, 2.75) is 27.3 Å². The molecule has 3 rings (SSSR count). The largest absolute Gasteiger partial charge is 0.493 e. The van der Waals surface area contributed by atoms with Crippen molar-refractivity contribution < 1.29 is 24.1 Å². The maximum atomic E-state index is 12.6. The Balaban J connectivity index is 1.52. The molecule has 6 nitrogen and oxygen atoms in total. The van der Waals surface area contributed by atoms with E-state index in [1.807, 2.05) is 38.1 Å². The van der Waals surface area contributed by atoms with Gasteiger partial charge >= 0.3 is 0 Å². The topological polar surface area (TPSA) is 56.4 Å². The maximum absolute atomic E-state index is 12.6. The van der Waals surface area contributed by atoms with Gasteiger partial charge in [-0.1, -0.05) is 18.2 Å². The lowest BCUT2D eigenvalue weighted by Gasteiger charge is -2.30. The maximum Gasteiger partial charge on any atom is 0.279 e. The third kappa shape index (κ3) is 5.32. The molecule has 0 aliphatic carbocycles. The summed E-state index contributed by atoms with van der Waals surface area (Å²) in [5.74, 6) is 1.66. The lowest BCUT2D eigenvalue weighted by molar-refractivity contribution is -1.02. The van der Waals surface area contributed by atoms with E-state index in [1.165, 1.54) is 16.0 Å². The zero-order valence-electron chi connectivity index (χ0n) is 18.9. The van der Waals surface area contributed by atoms with E-state index in [-0.39, 0.29) is 5.91 Å². The molecule has 0 saturated carbocycles. The summed E-state index contributed by atoms with van der Waals surface area (Å²) < 4.78 is 10.9. The van der Waals surface area contributed by atoms with Gasteiger partial charge in [0.2, 0.25) is 0 Å². The minimum atomic E-state index is 0.0987. The molecule has 3 N–H and O–H groups in total. The number of quaternary nitrogens is 2. The van der Waals surface area contributed by atoms with Crippen LogP contribution in [0.25, 0.3) is 0 Å². The molecule has 1 aliphatic rings. The molecular weight excluding hydrogens is 378 g/mol. The van der Waals surface area contributed by atoms with Crippen LogP contribution in [0.3, 0.4) is 0 Å². The number of nitrogens with one attached hydrogen (secondary N) is 3. The van der Waals surface area contributed by atoms with Gasteiger partial charge in [-0.2, -0.15) is 0 Å². The highest BCUT2D eigenvalue weighted by Crippen LogP contribution is 2.29. The number of piperazine rings is 1. The molecule has 0 bridgehead atoms. The van der Waals surface area contributed by atoms with Crippen LogP contribution in [0.1, 0.15) is 22.3 Å². The molecule has 0 spiro atoms. The molecule has 6 heteroatoms. The van der Waals surface area contributed by atoms with Crippen molar-refractivity contribution in [3.05, 3.63) is 52.6 Å². The second-order valence-corrected chi connectivity index (χ2v) is 8.30. The number of hydrogen-bond acceptors (Lipinski definition) is 3. The standard InChI is InChI=1S/C24H33N3O3/c1-17-7-6-8-18(2)24(17)25-23(28)16-27-11-9-26(10-12-27)15-20-14-22(30-5)21(29-4)13-19(20)3/h6-8,13-14H,9-12,15-16H2,1-5H3,(H,25,28)/p+2. The summed E-state index contributed by atoms with van der Waals surface area (Å²) in [6.07, 6.45) is 0. The molecule has 0 unspecified atom stereocenters. The fourth-order valence-electron chi connectivity index (χ4n) is 4.22. The zero-order valence-corrected chi connectivity index (χ0v) is 18.9. The Bertz CT molecular complexity index is 869.